The Kier molecular flexibility index (Phi) is 4.44. The lowest BCUT2D eigenvalue weighted by molar-refractivity contribution is -0.0752. The summed E-state index contributed by atoms with van der Waals surface area (Å²) in [6, 6.07) is 8.08. The highest BCUT2D eigenvalue weighted by Gasteiger charge is 2.36. The van der Waals surface area contributed by atoms with Gasteiger partial charge in [0.15, 0.2) is 0 Å². The van der Waals surface area contributed by atoms with Gasteiger partial charge in [0.05, 0.1) is 18.8 Å². The van der Waals surface area contributed by atoms with Gasteiger partial charge in [0.1, 0.15) is 0 Å². The lowest BCUT2D eigenvalue weighted by Crippen LogP contribution is -2.54. The van der Waals surface area contributed by atoms with Gasteiger partial charge in [-0.15, -0.1) is 0 Å². The molecule has 1 aliphatic carbocycles. The minimum Gasteiger partial charge on any atom is -0.385 e. The van der Waals surface area contributed by atoms with Crippen molar-refractivity contribution in [1.29, 1.82) is 0 Å². The molecule has 2 unspecified atom stereocenters. The zero-order valence-electron chi connectivity index (χ0n) is 12.7. The largest absolute Gasteiger partial charge is 0.385 e. The fourth-order valence-corrected chi connectivity index (χ4v) is 3.45. The van der Waals surface area contributed by atoms with Crippen LogP contribution in [-0.4, -0.2) is 42.6 Å². The molecule has 0 radical (unpaired) electrons. The third kappa shape index (κ3) is 3.05. The van der Waals surface area contributed by atoms with Gasteiger partial charge in [0.2, 0.25) is 0 Å². The molecule has 1 aromatic carbocycles. The van der Waals surface area contributed by atoms with Gasteiger partial charge in [0, 0.05) is 24.3 Å². The smallest absolute Gasteiger partial charge is 0.254 e. The van der Waals surface area contributed by atoms with Crippen molar-refractivity contribution in [2.75, 3.05) is 25.0 Å². The first-order valence-corrected chi connectivity index (χ1v) is 8.06. The van der Waals surface area contributed by atoms with Gasteiger partial charge in [0.25, 0.3) is 5.91 Å². The highest BCUT2D eigenvalue weighted by molar-refractivity contribution is 5.94. The summed E-state index contributed by atoms with van der Waals surface area (Å²) in [5.74, 6) is 0.151. The van der Waals surface area contributed by atoms with E-state index < -0.39 is 0 Å². The molecular weight excluding hydrogens is 264 g/mol. The summed E-state index contributed by atoms with van der Waals surface area (Å²) in [5.41, 5.74) is 1.84. The molecule has 1 N–H and O–H groups in total. The van der Waals surface area contributed by atoms with Gasteiger partial charge >= 0.3 is 0 Å². The normalized spacial score (nSPS) is 25.3. The summed E-state index contributed by atoms with van der Waals surface area (Å²) in [5, 5.41) is 3.25. The highest BCUT2D eigenvalue weighted by atomic mass is 16.5. The van der Waals surface area contributed by atoms with Crippen LogP contribution in [0, 0.1) is 0 Å². The maximum atomic E-state index is 12.8. The predicted octanol–water partition coefficient (Wildman–Crippen LogP) is 2.90. The summed E-state index contributed by atoms with van der Waals surface area (Å²) >= 11 is 0. The molecule has 2 atom stereocenters. The van der Waals surface area contributed by atoms with E-state index in [-0.39, 0.29) is 18.1 Å². The van der Waals surface area contributed by atoms with Crippen LogP contribution in [0.25, 0.3) is 0 Å². The number of anilines is 1. The van der Waals surface area contributed by atoms with E-state index in [1.54, 1.807) is 0 Å². The lowest BCUT2D eigenvalue weighted by atomic mass is 9.89. The second-order valence-electron chi connectivity index (χ2n) is 5.87. The molecule has 0 bridgehead atoms. The number of benzene rings is 1. The van der Waals surface area contributed by atoms with E-state index >= 15 is 0 Å². The highest BCUT2D eigenvalue weighted by Crippen LogP contribution is 2.29. The first-order chi connectivity index (χ1) is 10.3. The molecule has 1 saturated heterocycles. The average molecular weight is 288 g/mol. The minimum absolute atomic E-state index is 0.151. The number of rotatable bonds is 3. The number of hydrogen-bond acceptors (Lipinski definition) is 3. The van der Waals surface area contributed by atoms with Crippen molar-refractivity contribution in [2.24, 2.45) is 0 Å². The van der Waals surface area contributed by atoms with E-state index in [1.807, 2.05) is 29.2 Å². The summed E-state index contributed by atoms with van der Waals surface area (Å²) in [6.45, 7) is 4.34. The van der Waals surface area contributed by atoms with Crippen molar-refractivity contribution in [3.05, 3.63) is 29.8 Å². The quantitative estimate of drug-likeness (QED) is 0.930. The van der Waals surface area contributed by atoms with E-state index in [1.165, 1.54) is 12.8 Å². The van der Waals surface area contributed by atoms with Crippen LogP contribution in [0.2, 0.25) is 0 Å². The molecule has 1 aromatic rings. The van der Waals surface area contributed by atoms with E-state index in [2.05, 4.69) is 12.2 Å². The Bertz CT molecular complexity index is 484. The van der Waals surface area contributed by atoms with E-state index in [0.29, 0.717) is 6.61 Å². The molecular formula is C17H24N2O2. The van der Waals surface area contributed by atoms with Crippen LogP contribution in [0.4, 0.5) is 5.69 Å². The van der Waals surface area contributed by atoms with Crippen LogP contribution in [0.3, 0.4) is 0 Å². The Labute approximate surface area is 126 Å². The van der Waals surface area contributed by atoms with Gasteiger partial charge in [-0.2, -0.15) is 0 Å². The van der Waals surface area contributed by atoms with Crippen molar-refractivity contribution in [2.45, 2.75) is 44.8 Å². The van der Waals surface area contributed by atoms with Crippen molar-refractivity contribution >= 4 is 11.6 Å². The van der Waals surface area contributed by atoms with Gasteiger partial charge in [-0.3, -0.25) is 4.79 Å². The molecule has 4 heteroatoms. The zero-order chi connectivity index (χ0) is 14.7. The SMILES string of the molecule is CCNc1ccc(C(=O)N2CCOC3CCCCC32)cc1. The molecule has 4 nitrogen and oxygen atoms in total. The monoisotopic (exact) mass is 288 g/mol. The topological polar surface area (TPSA) is 41.6 Å². The third-order valence-corrected chi connectivity index (χ3v) is 4.51. The Hall–Kier alpha value is -1.55. The number of nitrogens with one attached hydrogen (secondary N) is 1. The number of hydrogen-bond donors (Lipinski definition) is 1. The van der Waals surface area contributed by atoms with E-state index in [9.17, 15) is 4.79 Å². The molecule has 0 aromatic heterocycles. The molecule has 1 heterocycles. The third-order valence-electron chi connectivity index (χ3n) is 4.51. The molecule has 3 rings (SSSR count). The maximum Gasteiger partial charge on any atom is 0.254 e. The molecule has 1 aliphatic heterocycles. The van der Waals surface area contributed by atoms with Gasteiger partial charge in [-0.05, 0) is 44.0 Å². The molecule has 1 amide bonds. The van der Waals surface area contributed by atoms with Crippen LogP contribution in [0.5, 0.6) is 0 Å². The number of morpholine rings is 1. The number of carbonyl (C=O) groups is 1. The molecule has 21 heavy (non-hydrogen) atoms. The fraction of sp³-hybridized carbons (Fsp3) is 0.588. The van der Waals surface area contributed by atoms with E-state index in [4.69, 9.17) is 4.74 Å². The maximum absolute atomic E-state index is 12.8. The minimum atomic E-state index is 0.151. The van der Waals surface area contributed by atoms with Crippen LogP contribution in [0.15, 0.2) is 24.3 Å². The number of nitrogens with zero attached hydrogens (tertiary/aromatic N) is 1. The van der Waals surface area contributed by atoms with Gasteiger partial charge < -0.3 is 15.0 Å². The number of ether oxygens (including phenoxy) is 1. The molecule has 0 spiro atoms. The van der Waals surface area contributed by atoms with Gasteiger partial charge in [-0.1, -0.05) is 12.8 Å². The Balaban J connectivity index is 1.73. The molecule has 1 saturated carbocycles. The van der Waals surface area contributed by atoms with Crippen LogP contribution in [-0.2, 0) is 4.74 Å². The predicted molar refractivity (Wildman–Crippen MR) is 83.6 cm³/mol. The molecule has 114 valence electrons. The van der Waals surface area contributed by atoms with Crippen LogP contribution >= 0.6 is 0 Å². The average Bonchev–Trinajstić information content (AvgIpc) is 2.55. The summed E-state index contributed by atoms with van der Waals surface area (Å²) in [7, 11) is 0. The van der Waals surface area contributed by atoms with Crippen LogP contribution < -0.4 is 5.32 Å². The fourth-order valence-electron chi connectivity index (χ4n) is 3.45. The number of carbonyl (C=O) groups excluding carboxylic acids is 1. The Morgan fingerprint density at radius 1 is 1.29 bits per heavy atom. The number of fused-ring (bicyclic) bond motifs is 1. The van der Waals surface area contributed by atoms with Crippen molar-refractivity contribution in [1.82, 2.24) is 4.90 Å². The number of amides is 1. The molecule has 2 fully saturated rings. The Morgan fingerprint density at radius 3 is 2.81 bits per heavy atom. The van der Waals surface area contributed by atoms with Gasteiger partial charge in [-0.25, -0.2) is 0 Å². The summed E-state index contributed by atoms with van der Waals surface area (Å²) in [6.07, 6.45) is 4.84. The first-order valence-electron chi connectivity index (χ1n) is 8.06. The van der Waals surface area contributed by atoms with Crippen molar-refractivity contribution in [3.63, 3.8) is 0 Å². The molecule has 2 aliphatic rings. The standard InChI is InChI=1S/C17H24N2O2/c1-2-18-14-9-7-13(8-10-14)17(20)19-11-12-21-16-6-4-3-5-15(16)19/h7-10,15-16,18H,2-6,11-12H2,1H3. The van der Waals surface area contributed by atoms with Crippen molar-refractivity contribution in [3.8, 4) is 0 Å². The Morgan fingerprint density at radius 2 is 2.05 bits per heavy atom. The second-order valence-corrected chi connectivity index (χ2v) is 5.87. The summed E-state index contributed by atoms with van der Waals surface area (Å²) < 4.78 is 5.85. The van der Waals surface area contributed by atoms with Crippen LogP contribution in [0.1, 0.15) is 43.0 Å². The second kappa shape index (κ2) is 6.48. The lowest BCUT2D eigenvalue weighted by Gasteiger charge is -2.43. The van der Waals surface area contributed by atoms with E-state index in [0.717, 1.165) is 37.2 Å². The zero-order valence-corrected chi connectivity index (χ0v) is 12.7. The van der Waals surface area contributed by atoms with Crippen molar-refractivity contribution < 1.29 is 9.53 Å². The first kappa shape index (κ1) is 14.4. The summed E-state index contributed by atoms with van der Waals surface area (Å²) in [4.78, 5) is 14.8.